The second-order valence-electron chi connectivity index (χ2n) is 2.97. The first-order valence-electron chi connectivity index (χ1n) is 4.30. The molecule has 0 aromatic carbocycles. The van der Waals surface area contributed by atoms with Crippen molar-refractivity contribution in [2.24, 2.45) is 5.92 Å². The molecule has 1 saturated heterocycles. The van der Waals surface area contributed by atoms with Gasteiger partial charge in [0, 0.05) is 6.08 Å². The van der Waals surface area contributed by atoms with Gasteiger partial charge in [-0.15, -0.1) is 0 Å². The number of rotatable bonds is 2. The second-order valence-corrected chi connectivity index (χ2v) is 2.97. The Morgan fingerprint density at radius 2 is 2.17 bits per heavy atom. The van der Waals surface area contributed by atoms with Crippen LogP contribution in [0.15, 0.2) is 12.2 Å². The van der Waals surface area contributed by atoms with Gasteiger partial charge in [-0.2, -0.15) is 0 Å². The summed E-state index contributed by atoms with van der Waals surface area (Å²) in [5, 5.41) is 3.27. The molecule has 1 aliphatic heterocycles. The van der Waals surface area contributed by atoms with Crippen molar-refractivity contribution >= 4 is 5.97 Å². The highest BCUT2D eigenvalue weighted by molar-refractivity contribution is 5.81. The van der Waals surface area contributed by atoms with Gasteiger partial charge in [0.25, 0.3) is 0 Å². The Labute approximate surface area is 72.8 Å². The molecular weight excluding hydrogens is 154 g/mol. The molecule has 0 amide bonds. The lowest BCUT2D eigenvalue weighted by Gasteiger charge is -2.18. The van der Waals surface area contributed by atoms with Crippen LogP contribution in [0.25, 0.3) is 0 Å². The average Bonchev–Trinajstić information content (AvgIpc) is 2.16. The zero-order valence-corrected chi connectivity index (χ0v) is 7.38. The molecule has 0 atom stereocenters. The summed E-state index contributed by atoms with van der Waals surface area (Å²) in [6, 6.07) is 0. The minimum atomic E-state index is -0.256. The Kier molecular flexibility index (Phi) is 3.80. The quantitative estimate of drug-likeness (QED) is 0.489. The number of piperidine rings is 1. The van der Waals surface area contributed by atoms with E-state index in [-0.39, 0.29) is 5.97 Å². The number of esters is 1. The zero-order valence-electron chi connectivity index (χ0n) is 7.38. The Bertz CT molecular complexity index is 171. The summed E-state index contributed by atoms with van der Waals surface area (Å²) in [6.07, 6.45) is 5.71. The van der Waals surface area contributed by atoms with Crippen molar-refractivity contribution in [1.29, 1.82) is 0 Å². The summed E-state index contributed by atoms with van der Waals surface area (Å²) in [5.74, 6) is 0.291. The second kappa shape index (κ2) is 4.93. The Hall–Kier alpha value is -0.830. The predicted molar refractivity (Wildman–Crippen MR) is 46.7 cm³/mol. The number of nitrogens with one attached hydrogen (secondary N) is 1. The molecule has 68 valence electrons. The molecule has 3 nitrogen and oxygen atoms in total. The SMILES string of the molecule is COC(=O)/C=C/C1CCNCC1. The monoisotopic (exact) mass is 169 g/mol. The molecule has 1 fully saturated rings. The number of carbonyl (C=O) groups is 1. The first kappa shape index (κ1) is 9.26. The fraction of sp³-hybridized carbons (Fsp3) is 0.667. The fourth-order valence-electron chi connectivity index (χ4n) is 1.32. The maximum atomic E-state index is 10.7. The van der Waals surface area contributed by atoms with Crippen molar-refractivity contribution in [2.75, 3.05) is 20.2 Å². The molecule has 0 bridgehead atoms. The third-order valence-electron chi connectivity index (χ3n) is 2.09. The van der Waals surface area contributed by atoms with Crippen LogP contribution in [0.3, 0.4) is 0 Å². The predicted octanol–water partition coefficient (Wildman–Crippen LogP) is 0.715. The lowest BCUT2D eigenvalue weighted by Crippen LogP contribution is -2.26. The van der Waals surface area contributed by atoms with Crippen LogP contribution < -0.4 is 5.32 Å². The third-order valence-corrected chi connectivity index (χ3v) is 2.09. The summed E-state index contributed by atoms with van der Waals surface area (Å²) in [7, 11) is 1.40. The Balaban J connectivity index is 2.28. The smallest absolute Gasteiger partial charge is 0.330 e. The van der Waals surface area contributed by atoms with E-state index in [1.54, 1.807) is 0 Å². The number of hydrogen-bond acceptors (Lipinski definition) is 3. The largest absolute Gasteiger partial charge is 0.466 e. The van der Waals surface area contributed by atoms with Crippen molar-refractivity contribution in [3.63, 3.8) is 0 Å². The van der Waals surface area contributed by atoms with E-state index >= 15 is 0 Å². The van der Waals surface area contributed by atoms with Crippen LogP contribution in [0.5, 0.6) is 0 Å². The Morgan fingerprint density at radius 3 is 2.75 bits per heavy atom. The van der Waals surface area contributed by atoms with Crippen LogP contribution in [0, 0.1) is 5.92 Å². The van der Waals surface area contributed by atoms with E-state index in [1.807, 2.05) is 6.08 Å². The van der Waals surface area contributed by atoms with Gasteiger partial charge < -0.3 is 10.1 Å². The first-order chi connectivity index (χ1) is 5.83. The number of carbonyl (C=O) groups excluding carboxylic acids is 1. The molecule has 12 heavy (non-hydrogen) atoms. The van der Waals surface area contributed by atoms with E-state index in [9.17, 15) is 4.79 Å². The van der Waals surface area contributed by atoms with E-state index in [0.717, 1.165) is 25.9 Å². The van der Waals surface area contributed by atoms with Gasteiger partial charge in [-0.05, 0) is 31.8 Å². The zero-order chi connectivity index (χ0) is 8.81. The van der Waals surface area contributed by atoms with Crippen LogP contribution in [0.2, 0.25) is 0 Å². The number of ether oxygens (including phenoxy) is 1. The van der Waals surface area contributed by atoms with Gasteiger partial charge in [0.05, 0.1) is 7.11 Å². The standard InChI is InChI=1S/C9H15NO2/c1-12-9(11)3-2-8-4-6-10-7-5-8/h2-3,8,10H,4-7H2,1H3/b3-2+. The molecular formula is C9H15NO2. The van der Waals surface area contributed by atoms with Crippen LogP contribution in [-0.2, 0) is 9.53 Å². The van der Waals surface area contributed by atoms with Gasteiger partial charge in [0.1, 0.15) is 0 Å². The fourth-order valence-corrected chi connectivity index (χ4v) is 1.32. The van der Waals surface area contributed by atoms with Crippen LogP contribution in [-0.4, -0.2) is 26.2 Å². The molecule has 0 spiro atoms. The van der Waals surface area contributed by atoms with Crippen molar-refractivity contribution in [2.45, 2.75) is 12.8 Å². The van der Waals surface area contributed by atoms with Crippen molar-refractivity contribution in [3.05, 3.63) is 12.2 Å². The molecule has 0 saturated carbocycles. The van der Waals surface area contributed by atoms with E-state index in [4.69, 9.17) is 0 Å². The lowest BCUT2D eigenvalue weighted by atomic mass is 9.98. The van der Waals surface area contributed by atoms with E-state index in [0.29, 0.717) is 5.92 Å². The topological polar surface area (TPSA) is 38.3 Å². The first-order valence-corrected chi connectivity index (χ1v) is 4.30. The highest BCUT2D eigenvalue weighted by Gasteiger charge is 2.09. The van der Waals surface area contributed by atoms with Gasteiger partial charge in [0.2, 0.25) is 0 Å². The van der Waals surface area contributed by atoms with E-state index < -0.39 is 0 Å². The van der Waals surface area contributed by atoms with Gasteiger partial charge in [-0.3, -0.25) is 0 Å². The Morgan fingerprint density at radius 1 is 1.50 bits per heavy atom. The molecule has 0 radical (unpaired) electrons. The highest BCUT2D eigenvalue weighted by Crippen LogP contribution is 2.12. The van der Waals surface area contributed by atoms with E-state index in [2.05, 4.69) is 10.1 Å². The van der Waals surface area contributed by atoms with Gasteiger partial charge in [-0.25, -0.2) is 4.79 Å². The van der Waals surface area contributed by atoms with Crippen molar-refractivity contribution in [1.82, 2.24) is 5.32 Å². The minimum absolute atomic E-state index is 0.256. The summed E-state index contributed by atoms with van der Waals surface area (Å²) in [4.78, 5) is 10.7. The molecule has 0 unspecified atom stereocenters. The normalized spacial score (nSPS) is 19.8. The van der Waals surface area contributed by atoms with Crippen molar-refractivity contribution < 1.29 is 9.53 Å². The summed E-state index contributed by atoms with van der Waals surface area (Å²) in [6.45, 7) is 2.10. The molecule has 0 aromatic rings. The van der Waals surface area contributed by atoms with Crippen LogP contribution in [0.4, 0.5) is 0 Å². The lowest BCUT2D eigenvalue weighted by molar-refractivity contribution is -0.134. The van der Waals surface area contributed by atoms with Gasteiger partial charge >= 0.3 is 5.97 Å². The molecule has 1 N–H and O–H groups in total. The summed E-state index contributed by atoms with van der Waals surface area (Å²) < 4.78 is 4.50. The molecule has 1 aliphatic rings. The molecule has 1 rings (SSSR count). The summed E-state index contributed by atoms with van der Waals surface area (Å²) >= 11 is 0. The third kappa shape index (κ3) is 3.05. The molecule has 3 heteroatoms. The minimum Gasteiger partial charge on any atom is -0.466 e. The van der Waals surface area contributed by atoms with Crippen LogP contribution >= 0.6 is 0 Å². The number of hydrogen-bond donors (Lipinski definition) is 1. The van der Waals surface area contributed by atoms with E-state index in [1.165, 1.54) is 13.2 Å². The van der Waals surface area contributed by atoms with Gasteiger partial charge in [-0.1, -0.05) is 6.08 Å². The molecule has 0 aliphatic carbocycles. The number of methoxy groups -OCH3 is 1. The molecule has 0 aromatic heterocycles. The summed E-state index contributed by atoms with van der Waals surface area (Å²) in [5.41, 5.74) is 0. The highest BCUT2D eigenvalue weighted by atomic mass is 16.5. The van der Waals surface area contributed by atoms with Crippen LogP contribution in [0.1, 0.15) is 12.8 Å². The average molecular weight is 169 g/mol. The van der Waals surface area contributed by atoms with Crippen molar-refractivity contribution in [3.8, 4) is 0 Å². The maximum absolute atomic E-state index is 10.7. The number of allylic oxidation sites excluding steroid dienone is 1. The van der Waals surface area contributed by atoms with Gasteiger partial charge in [0.15, 0.2) is 0 Å². The molecule has 1 heterocycles. The maximum Gasteiger partial charge on any atom is 0.330 e.